The van der Waals surface area contributed by atoms with Crippen LogP contribution in [0.15, 0.2) is 0 Å². The molecule has 0 rings (SSSR count). The summed E-state index contributed by atoms with van der Waals surface area (Å²) in [5.41, 5.74) is 0. The quantitative estimate of drug-likeness (QED) is 0.530. The van der Waals surface area contributed by atoms with Crippen molar-refractivity contribution in [3.63, 3.8) is 0 Å². The zero-order chi connectivity index (χ0) is 9.40. The molecule has 0 saturated carbocycles. The van der Waals surface area contributed by atoms with Gasteiger partial charge in [0.2, 0.25) is 0 Å². The van der Waals surface area contributed by atoms with E-state index in [0.717, 1.165) is 12.3 Å². The van der Waals surface area contributed by atoms with Crippen LogP contribution in [0, 0.1) is 5.92 Å². The molecule has 0 aliphatic carbocycles. The first-order chi connectivity index (χ1) is 5.70. The first kappa shape index (κ1) is 12.2. The van der Waals surface area contributed by atoms with Crippen LogP contribution in [-0.2, 0) is 0 Å². The van der Waals surface area contributed by atoms with E-state index in [1.165, 1.54) is 0 Å². The first-order valence-electron chi connectivity index (χ1n) is 4.19. The van der Waals surface area contributed by atoms with Crippen LogP contribution in [0.1, 0.15) is 6.92 Å². The molecule has 0 saturated heterocycles. The minimum absolute atomic E-state index is 0.163. The molecule has 2 unspecified atom stereocenters. The van der Waals surface area contributed by atoms with Gasteiger partial charge in [0.05, 0.1) is 12.7 Å². The fourth-order valence-electron chi connectivity index (χ4n) is 0.904. The van der Waals surface area contributed by atoms with Crippen molar-refractivity contribution in [1.29, 1.82) is 0 Å². The first-order valence-corrected chi connectivity index (χ1v) is 5.58. The number of rotatable bonds is 7. The Kier molecular flexibility index (Phi) is 8.01. The normalized spacial score (nSPS) is 16.0. The Morgan fingerprint density at radius 3 is 2.58 bits per heavy atom. The average Bonchev–Trinajstić information content (AvgIpc) is 2.04. The Labute approximate surface area is 78.6 Å². The molecular weight excluding hydrogens is 174 g/mol. The zero-order valence-corrected chi connectivity index (χ0v) is 8.60. The second-order valence-corrected chi connectivity index (χ2v) is 3.97. The van der Waals surface area contributed by atoms with E-state index in [1.54, 1.807) is 0 Å². The van der Waals surface area contributed by atoms with Gasteiger partial charge in [-0.1, -0.05) is 6.92 Å². The summed E-state index contributed by atoms with van der Waals surface area (Å²) >= 11 is 1.82. The van der Waals surface area contributed by atoms with Crippen LogP contribution in [0.25, 0.3) is 0 Å². The molecule has 0 aliphatic rings. The van der Waals surface area contributed by atoms with Crippen LogP contribution in [-0.4, -0.2) is 48.0 Å². The van der Waals surface area contributed by atoms with Crippen molar-refractivity contribution in [3.8, 4) is 0 Å². The summed E-state index contributed by atoms with van der Waals surface area (Å²) in [6.45, 7) is 3.38. The van der Waals surface area contributed by atoms with Crippen LogP contribution in [0.5, 0.6) is 0 Å². The third-order valence-electron chi connectivity index (χ3n) is 1.53. The minimum atomic E-state index is -0.619. The van der Waals surface area contributed by atoms with Crippen molar-refractivity contribution >= 4 is 11.8 Å². The van der Waals surface area contributed by atoms with E-state index in [-0.39, 0.29) is 6.61 Å². The molecule has 4 heteroatoms. The van der Waals surface area contributed by atoms with Crippen LogP contribution >= 0.6 is 11.8 Å². The number of aliphatic hydroxyl groups is 2. The lowest BCUT2D eigenvalue weighted by molar-refractivity contribution is 0.0940. The number of hydrogen-bond acceptors (Lipinski definition) is 4. The van der Waals surface area contributed by atoms with E-state index in [9.17, 15) is 0 Å². The van der Waals surface area contributed by atoms with E-state index >= 15 is 0 Å². The van der Waals surface area contributed by atoms with Crippen LogP contribution in [0.2, 0.25) is 0 Å². The Hall–Kier alpha value is 0.230. The van der Waals surface area contributed by atoms with E-state index in [0.29, 0.717) is 12.5 Å². The van der Waals surface area contributed by atoms with E-state index < -0.39 is 6.10 Å². The van der Waals surface area contributed by atoms with Crippen molar-refractivity contribution in [2.45, 2.75) is 13.0 Å². The lowest BCUT2D eigenvalue weighted by Crippen LogP contribution is -2.32. The Balaban J connectivity index is 3.18. The molecule has 3 nitrogen and oxygen atoms in total. The topological polar surface area (TPSA) is 52.5 Å². The molecule has 3 N–H and O–H groups in total. The maximum atomic E-state index is 8.98. The lowest BCUT2D eigenvalue weighted by atomic mass is 10.2. The van der Waals surface area contributed by atoms with E-state index in [4.69, 9.17) is 10.2 Å². The Morgan fingerprint density at radius 1 is 1.42 bits per heavy atom. The van der Waals surface area contributed by atoms with Crippen LogP contribution in [0.4, 0.5) is 0 Å². The van der Waals surface area contributed by atoms with Gasteiger partial charge in [0.25, 0.3) is 0 Å². The second kappa shape index (κ2) is 7.86. The number of aliphatic hydroxyl groups excluding tert-OH is 2. The maximum Gasteiger partial charge on any atom is 0.0894 e. The summed E-state index contributed by atoms with van der Waals surface area (Å²) in [4.78, 5) is 0. The maximum absolute atomic E-state index is 8.98. The molecular formula is C8H19NO2S. The van der Waals surface area contributed by atoms with Gasteiger partial charge in [-0.15, -0.1) is 0 Å². The summed E-state index contributed by atoms with van der Waals surface area (Å²) in [5.74, 6) is 1.74. The summed E-state index contributed by atoms with van der Waals surface area (Å²) in [5, 5.41) is 20.6. The molecule has 0 amide bonds. The van der Waals surface area contributed by atoms with Gasteiger partial charge in [0, 0.05) is 6.54 Å². The number of hydrogen-bond donors (Lipinski definition) is 3. The van der Waals surface area contributed by atoms with E-state index in [1.807, 2.05) is 11.8 Å². The minimum Gasteiger partial charge on any atom is -0.394 e. The SMILES string of the molecule is CSCC(C)CNCC(O)CO. The molecule has 0 bridgehead atoms. The molecule has 0 spiro atoms. The largest absolute Gasteiger partial charge is 0.394 e. The monoisotopic (exact) mass is 193 g/mol. The lowest BCUT2D eigenvalue weighted by Gasteiger charge is -2.12. The molecule has 0 aromatic heterocycles. The standard InChI is InChI=1S/C8H19NO2S/c1-7(6-12-2)3-9-4-8(11)5-10/h7-11H,3-6H2,1-2H3. The van der Waals surface area contributed by atoms with Gasteiger partial charge in [-0.2, -0.15) is 11.8 Å². The Morgan fingerprint density at radius 2 is 2.08 bits per heavy atom. The highest BCUT2D eigenvalue weighted by Gasteiger charge is 2.03. The van der Waals surface area contributed by atoms with Gasteiger partial charge < -0.3 is 15.5 Å². The molecule has 0 aromatic rings. The third kappa shape index (κ3) is 6.91. The highest BCUT2D eigenvalue weighted by molar-refractivity contribution is 7.98. The number of nitrogens with one attached hydrogen (secondary N) is 1. The Bertz CT molecular complexity index is 103. The molecule has 74 valence electrons. The smallest absolute Gasteiger partial charge is 0.0894 e. The third-order valence-corrected chi connectivity index (χ3v) is 2.44. The molecule has 0 aromatic carbocycles. The van der Waals surface area contributed by atoms with E-state index in [2.05, 4.69) is 18.5 Å². The van der Waals surface area contributed by atoms with Gasteiger partial charge in [-0.05, 0) is 24.5 Å². The van der Waals surface area contributed by atoms with Crippen molar-refractivity contribution in [1.82, 2.24) is 5.32 Å². The molecule has 0 aliphatic heterocycles. The number of thioether (sulfide) groups is 1. The predicted octanol–water partition coefficient (Wildman–Crippen LogP) is -0.0717. The molecule has 0 radical (unpaired) electrons. The van der Waals surface area contributed by atoms with Gasteiger partial charge in [0.1, 0.15) is 0 Å². The molecule has 0 heterocycles. The van der Waals surface area contributed by atoms with Crippen molar-refractivity contribution in [3.05, 3.63) is 0 Å². The highest BCUT2D eigenvalue weighted by atomic mass is 32.2. The molecule has 0 fully saturated rings. The second-order valence-electron chi connectivity index (χ2n) is 3.06. The van der Waals surface area contributed by atoms with Gasteiger partial charge >= 0.3 is 0 Å². The van der Waals surface area contributed by atoms with Gasteiger partial charge in [-0.25, -0.2) is 0 Å². The van der Waals surface area contributed by atoms with Gasteiger partial charge in [0.15, 0.2) is 0 Å². The highest BCUT2D eigenvalue weighted by Crippen LogP contribution is 2.02. The molecule has 2 atom stereocenters. The molecule has 12 heavy (non-hydrogen) atoms. The van der Waals surface area contributed by atoms with Crippen LogP contribution < -0.4 is 5.32 Å². The van der Waals surface area contributed by atoms with Crippen molar-refractivity contribution in [2.24, 2.45) is 5.92 Å². The summed E-state index contributed by atoms with van der Waals surface area (Å²) in [6.07, 6.45) is 1.46. The zero-order valence-electron chi connectivity index (χ0n) is 7.79. The van der Waals surface area contributed by atoms with Crippen molar-refractivity contribution in [2.75, 3.05) is 31.7 Å². The fourth-order valence-corrected chi connectivity index (χ4v) is 1.59. The predicted molar refractivity (Wildman–Crippen MR) is 53.5 cm³/mol. The summed E-state index contributed by atoms with van der Waals surface area (Å²) in [7, 11) is 0. The summed E-state index contributed by atoms with van der Waals surface area (Å²) < 4.78 is 0. The van der Waals surface area contributed by atoms with Gasteiger partial charge in [-0.3, -0.25) is 0 Å². The van der Waals surface area contributed by atoms with Crippen LogP contribution in [0.3, 0.4) is 0 Å². The summed E-state index contributed by atoms with van der Waals surface area (Å²) in [6, 6.07) is 0. The van der Waals surface area contributed by atoms with Crippen molar-refractivity contribution < 1.29 is 10.2 Å². The fraction of sp³-hybridized carbons (Fsp3) is 1.00. The average molecular weight is 193 g/mol.